The number of ether oxygens (including phenoxy) is 2. The number of thiazole rings is 1. The number of unbranched alkanes of at least 4 members (excludes halogenated alkanes) is 6. The van der Waals surface area contributed by atoms with Gasteiger partial charge in [0.25, 0.3) is 11.5 Å². The molecule has 13 aromatic rings. The highest BCUT2D eigenvalue weighted by Crippen LogP contribution is 2.41. The highest BCUT2D eigenvalue weighted by Gasteiger charge is 2.33. The smallest absolute Gasteiger partial charge is 0.431 e. The van der Waals surface area contributed by atoms with Crippen LogP contribution in [0.25, 0.3) is 48.2 Å². The molecule has 5 N–H and O–H groups in total. The number of thiophene rings is 2. The molecule has 8 heterocycles. The number of urea groups is 1. The lowest BCUT2D eigenvalue weighted by Gasteiger charge is -2.32. The third-order valence-corrected chi connectivity index (χ3v) is 27.6. The lowest BCUT2D eigenvalue weighted by molar-refractivity contribution is -0.141. The zero-order valence-corrected chi connectivity index (χ0v) is 80.3. The van der Waals surface area contributed by atoms with Gasteiger partial charge in [0.05, 0.1) is 72.5 Å². The maximum atomic E-state index is 12.8. The predicted octanol–water partition coefficient (Wildman–Crippen LogP) is 26.0. The number of imide groups is 1. The summed E-state index contributed by atoms with van der Waals surface area (Å²) >= 11 is 42.6. The molecule has 676 valence electrons. The number of alkyl halides is 4. The number of piperidine rings is 1. The summed E-state index contributed by atoms with van der Waals surface area (Å²) in [5.74, 6) is 0.447. The number of aromatic hydroxyl groups is 1. The van der Waals surface area contributed by atoms with E-state index in [0.717, 1.165) is 133 Å². The van der Waals surface area contributed by atoms with Crippen molar-refractivity contribution in [2.45, 2.75) is 103 Å². The number of ketones is 1. The van der Waals surface area contributed by atoms with E-state index >= 15 is 0 Å². The Morgan fingerprint density at radius 3 is 2.12 bits per heavy atom. The van der Waals surface area contributed by atoms with Crippen LogP contribution in [0.5, 0.6) is 17.2 Å². The molecule has 2 aliphatic rings. The van der Waals surface area contributed by atoms with Gasteiger partial charge in [-0.3, -0.25) is 34.8 Å². The molecule has 129 heavy (non-hydrogen) atoms. The van der Waals surface area contributed by atoms with E-state index in [4.69, 9.17) is 84.7 Å². The number of amides is 3. The molecule has 15 rings (SSSR count). The molecule has 0 atom stereocenters. The van der Waals surface area contributed by atoms with E-state index in [2.05, 4.69) is 103 Å². The lowest BCUT2D eigenvalue weighted by Crippen LogP contribution is -2.37. The number of methoxy groups -OCH3 is 2. The van der Waals surface area contributed by atoms with Crippen LogP contribution in [0.2, 0.25) is 25.1 Å². The number of carbonyl (C=O) groups is 3. The maximum Gasteiger partial charge on any atom is 0.431 e. The summed E-state index contributed by atoms with van der Waals surface area (Å²) in [4.78, 5) is 78.2. The van der Waals surface area contributed by atoms with Crippen LogP contribution >= 0.6 is 127 Å². The number of anilines is 1. The number of rotatable bonds is 27. The van der Waals surface area contributed by atoms with Crippen LogP contribution in [-0.4, -0.2) is 117 Å². The van der Waals surface area contributed by atoms with Crippen molar-refractivity contribution in [2.75, 3.05) is 55.9 Å². The summed E-state index contributed by atoms with van der Waals surface area (Å²) in [6.07, 6.45) is 21.2. The van der Waals surface area contributed by atoms with Gasteiger partial charge in [-0.1, -0.05) is 235 Å². The Morgan fingerprint density at radius 1 is 0.760 bits per heavy atom. The average molecular weight is 2060 g/mol. The normalized spacial score (nSPS) is 12.9. The standard InChI is InChI=1S/C19H16ClNO2S.C18H25IN2O2S.C18H25NO2.C16H13ClOS2.C15H8Cl3N3O2S.C10H5F4NO/c1-22-14-9-11-7-8-21-18(13(11)10-15(14)23-2)19-17(20)12-5-3-4-6-16(12)24-19;1-2-17(16-19)6-5-14-24(22,23)15-13-20-11-7-18(8-12-20)21-9-3-4-10-21;1-2-3-4-5-6-7-8-12-15-17(20)14-11-9-10-13-16(14)19-18(15)21;17-16-6-2-1-4-12(16)10-14(19)11-13(18)7-8-15-5-3-9-20-15;16-7-4-5-11-10(6-7)19-15(24-11)21-14(23)20-13(22)12-8(17)2-1-3-9(12)18;11-5-1-2-7-6(3-5)8(16)4-9(15-7)10(12,13)14/h3-6,9-10H,7-8H2,1-2H3;2-6,9-10,14,18H,1,7-8,11-13,15-16H2;9-11,13H,2-8,12H2,1H3,(H2,19,20,21);1-9H,10-11H2;1-6H,(H2,19,20,21,22,23);1-4H,(H,15,16)/b;14-5+,17-6+;;8-7+;;. The number of pyridine rings is 2. The summed E-state index contributed by atoms with van der Waals surface area (Å²) < 4.78 is 90.0. The van der Waals surface area contributed by atoms with E-state index < -0.39 is 44.9 Å². The van der Waals surface area contributed by atoms with Crippen LogP contribution in [0, 0.1) is 5.82 Å². The fourth-order valence-electron chi connectivity index (χ4n) is 13.7. The number of hydrogen-bond donors (Lipinski definition) is 5. The zero-order valence-electron chi connectivity index (χ0n) is 70.3. The second-order valence-electron chi connectivity index (χ2n) is 29.4. The molecule has 18 nitrogen and oxygen atoms in total. The monoisotopic (exact) mass is 2050 g/mol. The van der Waals surface area contributed by atoms with E-state index in [9.17, 15) is 55.1 Å². The number of para-hydroxylation sites is 1. The molecular formula is C96H92Cl5F4IN8O10S5. The molecule has 0 aliphatic carbocycles. The molecule has 33 heteroatoms. The van der Waals surface area contributed by atoms with Gasteiger partial charge in [-0.15, -0.1) is 22.7 Å². The average Bonchev–Trinajstić information content (AvgIpc) is 1.63. The first kappa shape index (κ1) is 101. The van der Waals surface area contributed by atoms with Crippen molar-refractivity contribution in [3.8, 4) is 17.2 Å². The first-order valence-electron chi connectivity index (χ1n) is 40.9. The van der Waals surface area contributed by atoms with Crippen LogP contribution in [0.1, 0.15) is 125 Å². The van der Waals surface area contributed by atoms with Gasteiger partial charge in [0.1, 0.15) is 17.3 Å². The number of aromatic amines is 2. The number of halogens is 10. The number of thiocarbonyl (C=S) groups is 1. The summed E-state index contributed by atoms with van der Waals surface area (Å²) in [7, 11) is 0.148. The molecule has 3 amide bonds. The Kier molecular flexibility index (Phi) is 39.4. The second-order valence-corrected chi connectivity index (χ2v) is 37.9. The fourth-order valence-corrected chi connectivity index (χ4v) is 19.5. The molecule has 0 radical (unpaired) electrons. The van der Waals surface area contributed by atoms with Gasteiger partial charge >= 0.3 is 12.2 Å². The molecule has 0 unspecified atom stereocenters. The van der Waals surface area contributed by atoms with Gasteiger partial charge in [-0.2, -0.15) is 13.2 Å². The topological polar surface area (TPSA) is 247 Å². The molecule has 0 saturated carbocycles. The van der Waals surface area contributed by atoms with Gasteiger partial charge in [0, 0.05) is 125 Å². The van der Waals surface area contributed by atoms with Gasteiger partial charge in [-0.25, -0.2) is 22.6 Å². The van der Waals surface area contributed by atoms with Gasteiger partial charge in [0.15, 0.2) is 37.7 Å². The van der Waals surface area contributed by atoms with Gasteiger partial charge in [0.2, 0.25) is 0 Å². The number of allylic oxidation sites excluding steroid dienone is 5. The minimum absolute atomic E-state index is 0.0236. The highest BCUT2D eigenvalue weighted by atomic mass is 127. The number of nitrogens with one attached hydrogen (secondary N) is 4. The predicted molar refractivity (Wildman–Crippen MR) is 536 cm³/mol. The Hall–Kier alpha value is -9.67. The largest absolute Gasteiger partial charge is 0.507 e. The third-order valence-electron chi connectivity index (χ3n) is 20.4. The van der Waals surface area contributed by atoms with Crippen molar-refractivity contribution < 1.29 is 54.9 Å². The molecule has 1 fully saturated rings. The van der Waals surface area contributed by atoms with E-state index in [0.29, 0.717) is 73.9 Å². The number of H-pyrrole nitrogens is 2. The maximum absolute atomic E-state index is 12.8. The number of aliphatic imine (C=N–C) groups is 1. The van der Waals surface area contributed by atoms with E-state index in [1.807, 2.05) is 101 Å². The van der Waals surface area contributed by atoms with Crippen LogP contribution in [0.15, 0.2) is 244 Å². The number of benzene rings is 7. The van der Waals surface area contributed by atoms with Crippen molar-refractivity contribution >= 4 is 218 Å². The van der Waals surface area contributed by atoms with Crippen molar-refractivity contribution in [1.29, 1.82) is 0 Å². The number of aromatic nitrogens is 4. The summed E-state index contributed by atoms with van der Waals surface area (Å²) in [5, 5.41) is 22.6. The summed E-state index contributed by atoms with van der Waals surface area (Å²) in [5.41, 5.74) is 4.95. The zero-order chi connectivity index (χ0) is 92.7. The van der Waals surface area contributed by atoms with Crippen molar-refractivity contribution in [3.05, 3.63) is 324 Å². The highest BCUT2D eigenvalue weighted by molar-refractivity contribution is 14.1. The third kappa shape index (κ3) is 30.2. The minimum Gasteiger partial charge on any atom is -0.507 e. The SMILES string of the molecule is C=C/C(=C\C=C\S(=O)(=O)CCN1CCC(n2cccc2)CC1)CI.CCCCCCCCCc1c(O)c2ccccc2[nH]c1=O.COc1cc2c(cc1OC)C(c1sc3ccccc3c1Cl)=NCC2.O=C(/C=C/c1cccs1)CC(=S)Cc1ccccc1Cl.O=C(NC(=O)c1c(Cl)cccc1Cl)Nc1nc2cc(Cl)ccc2s1.O=c1cc(C(F)(F)F)[nH]c2ccc(F)cc12. The Bertz CT molecular complexity index is 6430. The van der Waals surface area contributed by atoms with E-state index in [1.54, 1.807) is 85.5 Å². The quantitative estimate of drug-likeness (QED) is 0.00612. The molecular weight excluding hydrogens is 1970 g/mol. The Balaban J connectivity index is 0.000000162. The Morgan fingerprint density at radius 2 is 1.43 bits per heavy atom. The first-order valence-corrected chi connectivity index (χ1v) is 49.0. The number of fused-ring (bicyclic) bond motifs is 5. The second kappa shape index (κ2) is 50.1. The van der Waals surface area contributed by atoms with E-state index in [-0.39, 0.29) is 55.8 Å². The minimum atomic E-state index is -4.62. The van der Waals surface area contributed by atoms with Crippen LogP contribution in [0.4, 0.5) is 27.5 Å². The van der Waals surface area contributed by atoms with E-state index in [1.165, 1.54) is 71.2 Å². The molecule has 0 spiro atoms. The van der Waals surface area contributed by atoms with Crippen molar-refractivity contribution in [3.63, 3.8) is 0 Å². The van der Waals surface area contributed by atoms with Crippen molar-refractivity contribution in [1.82, 2.24) is 29.7 Å². The number of carbonyl (C=O) groups excluding carboxylic acids is 3. The molecule has 1 saturated heterocycles. The number of nitrogens with zero attached hydrogens (tertiary/aromatic N) is 4. The fraction of sp³-hybridized carbons (Fsp3) is 0.250. The molecule has 2 aliphatic heterocycles. The summed E-state index contributed by atoms with van der Waals surface area (Å²) in [6, 6.07) is 48.3. The number of hydrogen-bond acceptors (Lipinski definition) is 17. The van der Waals surface area contributed by atoms with Gasteiger partial charge < -0.3 is 34.0 Å². The van der Waals surface area contributed by atoms with Crippen LogP contribution < -0.4 is 31.1 Å². The Labute approximate surface area is 800 Å². The number of likely N-dealkylation sites (tertiary alicyclic amines) is 1. The van der Waals surface area contributed by atoms with Crippen LogP contribution in [-0.2, 0) is 40.1 Å². The summed E-state index contributed by atoms with van der Waals surface area (Å²) in [6.45, 7) is 9.19. The van der Waals surface area contributed by atoms with Gasteiger partial charge in [-0.05, 0) is 169 Å². The van der Waals surface area contributed by atoms with Crippen molar-refractivity contribution in [2.24, 2.45) is 4.99 Å². The molecule has 0 bridgehead atoms. The lowest BCUT2D eigenvalue weighted by atomic mass is 9.95. The molecule has 7 aromatic carbocycles. The number of sulfone groups is 1. The molecule has 6 aromatic heterocycles. The van der Waals surface area contributed by atoms with Crippen LogP contribution in [0.3, 0.4) is 0 Å². The first-order chi connectivity index (χ1) is 62.0.